The number of amides is 1. The van der Waals surface area contributed by atoms with E-state index < -0.39 is 105 Å². The van der Waals surface area contributed by atoms with E-state index in [1.165, 1.54) is 53.0 Å². The number of ether oxygens (including phenoxy) is 4. The van der Waals surface area contributed by atoms with Crippen LogP contribution in [-0.2, 0) is 23.8 Å². The average Bonchev–Trinajstić information content (AvgIpc) is 3.38. The predicted octanol–water partition coefficient (Wildman–Crippen LogP) is 4.56. The maximum absolute atomic E-state index is 14.1. The number of allylic oxidation sites excluding steroid dienone is 2. The van der Waals surface area contributed by atoms with Crippen molar-refractivity contribution in [3.05, 3.63) is 52.8 Å². The molecule has 5 rings (SSSR count). The van der Waals surface area contributed by atoms with Crippen LogP contribution in [0.25, 0.3) is 10.8 Å². The molecule has 9 atom stereocenters. The average molecular weight is 741 g/mol. The van der Waals surface area contributed by atoms with E-state index in [1.807, 2.05) is 0 Å². The van der Waals surface area contributed by atoms with E-state index in [9.17, 15) is 45.1 Å². The molecule has 0 saturated heterocycles. The number of benzene rings is 2. The first-order valence-electron chi connectivity index (χ1n) is 17.1. The van der Waals surface area contributed by atoms with Crippen molar-refractivity contribution in [2.24, 2.45) is 28.8 Å². The lowest BCUT2D eigenvalue weighted by Crippen LogP contribution is -2.46. The summed E-state index contributed by atoms with van der Waals surface area (Å²) in [5.41, 5.74) is -0.978. The number of carbonyl (C=O) groups is 3. The fourth-order valence-electron chi connectivity index (χ4n) is 6.93. The van der Waals surface area contributed by atoms with E-state index in [-0.39, 0.29) is 27.8 Å². The van der Waals surface area contributed by atoms with Crippen molar-refractivity contribution in [1.29, 1.82) is 0 Å². The largest absolute Gasteiger partial charge is 0.507 e. The van der Waals surface area contributed by atoms with Gasteiger partial charge < -0.3 is 55.0 Å². The van der Waals surface area contributed by atoms with Crippen molar-refractivity contribution < 1.29 is 64.1 Å². The normalized spacial score (nSPS) is 32.2. The van der Waals surface area contributed by atoms with Gasteiger partial charge in [0.05, 0.1) is 53.0 Å². The van der Waals surface area contributed by atoms with Crippen LogP contribution in [0.15, 0.2) is 41.3 Å². The number of Topliss-reactive ketones (excluding diaryl/α,β-unsaturated/α-hetero) is 1. The number of oxime groups is 1. The first-order chi connectivity index (χ1) is 24.8. The van der Waals surface area contributed by atoms with Crippen LogP contribution in [0.4, 0.5) is 5.69 Å². The Morgan fingerprint density at radius 3 is 2.23 bits per heavy atom. The van der Waals surface area contributed by atoms with Gasteiger partial charge in [0.15, 0.2) is 5.75 Å². The zero-order valence-corrected chi connectivity index (χ0v) is 31.1. The summed E-state index contributed by atoms with van der Waals surface area (Å²) in [7, 11) is 1.41. The second-order valence-corrected chi connectivity index (χ2v) is 13.9. The van der Waals surface area contributed by atoms with Crippen LogP contribution in [-0.4, -0.2) is 91.9 Å². The molecule has 3 aliphatic heterocycles. The zero-order chi connectivity index (χ0) is 39.7. The number of aromatic hydroxyl groups is 3. The van der Waals surface area contributed by atoms with Gasteiger partial charge in [0, 0.05) is 61.2 Å². The fraction of sp³-hybridized carbons (Fsp3) is 0.474. The fourth-order valence-corrected chi connectivity index (χ4v) is 6.93. The van der Waals surface area contributed by atoms with Crippen LogP contribution in [0.5, 0.6) is 23.0 Å². The highest BCUT2D eigenvalue weighted by Gasteiger charge is 2.50. The van der Waals surface area contributed by atoms with Crippen molar-refractivity contribution in [3.8, 4) is 23.0 Å². The second kappa shape index (κ2) is 15.9. The van der Waals surface area contributed by atoms with Crippen molar-refractivity contribution >= 4 is 40.3 Å². The van der Waals surface area contributed by atoms with Gasteiger partial charge >= 0.3 is 11.8 Å². The smallest absolute Gasteiger partial charge is 0.312 e. The van der Waals surface area contributed by atoms with E-state index >= 15 is 0 Å². The molecule has 15 heteroatoms. The van der Waals surface area contributed by atoms with Gasteiger partial charge in [-0.1, -0.05) is 51.1 Å². The molecule has 7 N–H and O–H groups in total. The van der Waals surface area contributed by atoms with Crippen LogP contribution in [0, 0.1) is 30.6 Å². The lowest BCUT2D eigenvalue weighted by molar-refractivity contribution is -0.160. The lowest BCUT2D eigenvalue weighted by Gasteiger charge is -2.38. The monoisotopic (exact) mass is 740 g/mol. The Labute approximate surface area is 306 Å². The van der Waals surface area contributed by atoms with Crippen LogP contribution in [0.1, 0.15) is 70.0 Å². The Balaban J connectivity index is 1.95. The standard InChI is InChI=1S/C38H48N2O13/c1-16-11-10-12-17(2)37(48)40-28-23(15-39-49)32(45)25-26(33(28)46)31(44)21(6)35-27(25)36(47)38(8,53-35)51-14-13-24(50-9)18(3)34(52-22(7)41)20(5)30(43)19(4)29(16)42/h10-16,18-20,24,29-30,34,42-46,49H,1-9H3,(H,40,48)/b11-10+,14-13+,17-12-,39-15-/t16-,18-,19-,20-,24+,29-,30+,34-,38+/m1/s1. The van der Waals surface area contributed by atoms with Crippen LogP contribution in [0.3, 0.4) is 0 Å². The number of hydrogen-bond donors (Lipinski definition) is 7. The minimum atomic E-state index is -2.07. The maximum atomic E-state index is 14.1. The van der Waals surface area contributed by atoms with Gasteiger partial charge in [0.1, 0.15) is 23.4 Å². The van der Waals surface area contributed by atoms with Gasteiger partial charge in [-0.05, 0) is 19.9 Å². The van der Waals surface area contributed by atoms with E-state index in [1.54, 1.807) is 33.8 Å². The molecule has 0 unspecified atom stereocenters. The Hall–Kier alpha value is -5.12. The van der Waals surface area contributed by atoms with Gasteiger partial charge in [0.25, 0.3) is 11.7 Å². The van der Waals surface area contributed by atoms with Gasteiger partial charge in [-0.2, -0.15) is 0 Å². The Morgan fingerprint density at radius 2 is 1.62 bits per heavy atom. The summed E-state index contributed by atoms with van der Waals surface area (Å²) in [5, 5.41) is 71.2. The quantitative estimate of drug-likeness (QED) is 0.0572. The van der Waals surface area contributed by atoms with Crippen molar-refractivity contribution in [1.82, 2.24) is 0 Å². The predicted molar refractivity (Wildman–Crippen MR) is 193 cm³/mol. The molecule has 0 aromatic heterocycles. The van der Waals surface area contributed by atoms with Crippen LogP contribution < -0.4 is 10.1 Å². The number of rotatable bonds is 3. The van der Waals surface area contributed by atoms with E-state index in [0.717, 1.165) is 12.5 Å². The second-order valence-electron chi connectivity index (χ2n) is 13.9. The van der Waals surface area contributed by atoms with Crippen LogP contribution in [0.2, 0.25) is 0 Å². The van der Waals surface area contributed by atoms with Gasteiger partial charge in [-0.25, -0.2) is 0 Å². The Bertz CT molecular complexity index is 1900. The number of phenolic OH excluding ortho intramolecular Hbond substituents is 3. The highest BCUT2D eigenvalue weighted by molar-refractivity contribution is 6.23. The molecule has 0 aliphatic carbocycles. The van der Waals surface area contributed by atoms with Crippen LogP contribution >= 0.6 is 0 Å². The molecule has 0 spiro atoms. The summed E-state index contributed by atoms with van der Waals surface area (Å²) in [5.74, 6) is -9.00. The third-order valence-electron chi connectivity index (χ3n) is 10.2. The van der Waals surface area contributed by atoms with Crippen molar-refractivity contribution in [2.75, 3.05) is 12.4 Å². The highest BCUT2D eigenvalue weighted by Crippen LogP contribution is 2.55. The number of aliphatic hydroxyl groups is 2. The molecular formula is C38H48N2O13. The van der Waals surface area contributed by atoms with Gasteiger partial charge in [-0.3, -0.25) is 14.4 Å². The molecular weight excluding hydrogens is 692 g/mol. The third-order valence-corrected chi connectivity index (χ3v) is 10.2. The molecule has 2 aromatic rings. The van der Waals surface area contributed by atoms with Crippen molar-refractivity contribution in [3.63, 3.8) is 0 Å². The number of carbonyl (C=O) groups excluding carboxylic acids is 3. The number of nitrogens with one attached hydrogen (secondary N) is 1. The summed E-state index contributed by atoms with van der Waals surface area (Å²) in [6.07, 6.45) is 4.01. The highest BCUT2D eigenvalue weighted by atomic mass is 16.7. The number of nitrogens with zero attached hydrogens (tertiary/aromatic N) is 1. The lowest BCUT2D eigenvalue weighted by atomic mass is 9.78. The molecule has 0 saturated carbocycles. The summed E-state index contributed by atoms with van der Waals surface area (Å²) in [4.78, 5) is 39.7. The molecule has 15 nitrogen and oxygen atoms in total. The number of fused-ring (bicyclic) bond motifs is 14. The molecule has 1 amide bonds. The van der Waals surface area contributed by atoms with Gasteiger partial charge in [0.2, 0.25) is 0 Å². The maximum Gasteiger partial charge on any atom is 0.312 e. The first kappa shape index (κ1) is 40.6. The number of methoxy groups -OCH3 is 1. The van der Waals surface area contributed by atoms with E-state index in [4.69, 9.17) is 18.9 Å². The molecule has 5 bridgehead atoms. The number of esters is 1. The molecule has 3 heterocycles. The summed E-state index contributed by atoms with van der Waals surface area (Å²) >= 11 is 0. The third kappa shape index (κ3) is 7.54. The van der Waals surface area contributed by atoms with E-state index in [2.05, 4.69) is 10.5 Å². The Kier molecular flexibility index (Phi) is 12.2. The molecule has 0 fully saturated rings. The molecule has 288 valence electrons. The minimum absolute atomic E-state index is 0.00476. The summed E-state index contributed by atoms with van der Waals surface area (Å²) in [6, 6.07) is 0. The number of aliphatic hydroxyl groups excluding tert-OH is 2. The number of ketones is 1. The topological polar surface area (TPSA) is 234 Å². The van der Waals surface area contributed by atoms with Gasteiger partial charge in [-0.15, -0.1) is 0 Å². The summed E-state index contributed by atoms with van der Waals surface area (Å²) in [6.45, 7) is 12.2. The minimum Gasteiger partial charge on any atom is -0.507 e. The number of phenols is 3. The molecule has 0 radical (unpaired) electrons. The molecule has 3 aliphatic rings. The zero-order valence-electron chi connectivity index (χ0n) is 31.1. The molecule has 53 heavy (non-hydrogen) atoms. The Morgan fingerprint density at radius 1 is 0.962 bits per heavy atom. The van der Waals surface area contributed by atoms with Crippen molar-refractivity contribution in [2.45, 2.75) is 85.6 Å². The molecule has 2 aromatic carbocycles. The first-order valence-corrected chi connectivity index (χ1v) is 17.1. The number of anilines is 1. The number of hydrogen-bond acceptors (Lipinski definition) is 14. The van der Waals surface area contributed by atoms with E-state index in [0.29, 0.717) is 0 Å². The SMILES string of the molecule is CO[C@H]1/C=C/O[C@@]2(C)Oc3c(C)c(O)c4c(O)c(c(/C=N\O)c(O)c4c3C2=O)NC(=O)/C(C)=C\C=C\[C@@H](C)[C@@H](O)[C@@H](C)[C@H](O)[C@@H](C)[C@H](OC(C)=O)[C@@H]1C. The summed E-state index contributed by atoms with van der Waals surface area (Å²) < 4.78 is 23.2.